The molecule has 0 heterocycles. The van der Waals surface area contributed by atoms with Gasteiger partial charge in [0.25, 0.3) is 0 Å². The maximum absolute atomic E-state index is 12.8. The Morgan fingerprint density at radius 1 is 0.656 bits per heavy atom. The molecule has 0 amide bonds. The maximum atomic E-state index is 12.8. The fourth-order valence-corrected chi connectivity index (χ4v) is 4.00. The minimum absolute atomic E-state index is 0.0284. The summed E-state index contributed by atoms with van der Waals surface area (Å²) in [5, 5.41) is 47.4. The van der Waals surface area contributed by atoms with E-state index in [9.17, 15) is 30.3 Å². The second kappa shape index (κ2) is 11.1. The molecule has 1 unspecified atom stereocenters. The molecule has 1 aliphatic carbocycles. The van der Waals surface area contributed by atoms with E-state index in [1.165, 1.54) is 0 Å². The van der Waals surface area contributed by atoms with Crippen LogP contribution in [0.15, 0.2) is 54.3 Å². The molecule has 172 valence electrons. The molecule has 0 spiro atoms. The fourth-order valence-electron chi connectivity index (χ4n) is 4.00. The largest absolute Gasteiger partial charge is 0.510 e. The van der Waals surface area contributed by atoms with Crippen LogP contribution < -0.4 is 9.80 Å². The predicted molar refractivity (Wildman–Crippen MR) is 123 cm³/mol. The number of hydrogen-bond acceptors (Lipinski definition) is 8. The Morgan fingerprint density at radius 2 is 1.06 bits per heavy atom. The SMILES string of the molecule is O=C1C(c2ccc(N(CCO)CCO)cc2)=C(O)C1c1ccc(N(CCO)CCO)cc1. The summed E-state index contributed by atoms with van der Waals surface area (Å²) >= 11 is 0. The summed E-state index contributed by atoms with van der Waals surface area (Å²) in [6, 6.07) is 14.3. The van der Waals surface area contributed by atoms with Gasteiger partial charge in [-0.05, 0) is 35.4 Å². The van der Waals surface area contributed by atoms with E-state index >= 15 is 0 Å². The van der Waals surface area contributed by atoms with Crippen molar-refractivity contribution in [3.63, 3.8) is 0 Å². The molecule has 1 atom stereocenters. The summed E-state index contributed by atoms with van der Waals surface area (Å²) in [7, 11) is 0. The van der Waals surface area contributed by atoms with Gasteiger partial charge in [0.2, 0.25) is 0 Å². The molecule has 0 radical (unpaired) electrons. The van der Waals surface area contributed by atoms with Gasteiger partial charge in [-0.3, -0.25) is 4.79 Å². The second-order valence-electron chi connectivity index (χ2n) is 7.56. The number of benzene rings is 2. The third-order valence-corrected chi connectivity index (χ3v) is 5.63. The van der Waals surface area contributed by atoms with Crippen molar-refractivity contribution >= 4 is 22.7 Å². The van der Waals surface area contributed by atoms with Crippen LogP contribution in [-0.4, -0.2) is 83.9 Å². The van der Waals surface area contributed by atoms with Crippen molar-refractivity contribution in [3.8, 4) is 0 Å². The molecule has 2 aromatic rings. The standard InChI is InChI=1S/C24H30N2O6/c27-13-9-25(10-14-28)19-5-1-17(2-6-19)21-23(31)22(24(21)32)18-3-7-20(8-4-18)26(11-15-29)12-16-30/h1-8,21,27-31H,9-16H2. The Labute approximate surface area is 187 Å². The molecule has 8 nitrogen and oxygen atoms in total. The van der Waals surface area contributed by atoms with E-state index in [-0.39, 0.29) is 38.0 Å². The van der Waals surface area contributed by atoms with E-state index in [1.807, 2.05) is 21.9 Å². The first-order valence-electron chi connectivity index (χ1n) is 10.7. The van der Waals surface area contributed by atoms with Gasteiger partial charge in [0.05, 0.1) is 32.0 Å². The first-order chi connectivity index (χ1) is 15.5. The highest BCUT2D eigenvalue weighted by Gasteiger charge is 2.41. The average Bonchev–Trinajstić information content (AvgIpc) is 2.80. The highest BCUT2D eigenvalue weighted by Crippen LogP contribution is 2.43. The van der Waals surface area contributed by atoms with Crippen LogP contribution in [0.3, 0.4) is 0 Å². The molecule has 3 rings (SSSR count). The van der Waals surface area contributed by atoms with E-state index in [4.69, 9.17) is 0 Å². The second-order valence-corrected chi connectivity index (χ2v) is 7.56. The van der Waals surface area contributed by atoms with E-state index in [0.29, 0.717) is 42.9 Å². The number of nitrogens with zero attached hydrogens (tertiary/aromatic N) is 2. The van der Waals surface area contributed by atoms with Gasteiger partial charge >= 0.3 is 0 Å². The molecule has 32 heavy (non-hydrogen) atoms. The van der Waals surface area contributed by atoms with E-state index in [2.05, 4.69) is 0 Å². The zero-order valence-corrected chi connectivity index (χ0v) is 17.9. The average molecular weight is 443 g/mol. The van der Waals surface area contributed by atoms with Gasteiger partial charge in [-0.15, -0.1) is 0 Å². The fraction of sp³-hybridized carbons (Fsp3) is 0.375. The molecular weight excluding hydrogens is 412 g/mol. The number of carbonyl (C=O) groups is 1. The number of ketones is 1. The van der Waals surface area contributed by atoms with Gasteiger partial charge in [0, 0.05) is 37.6 Å². The highest BCUT2D eigenvalue weighted by atomic mass is 16.3. The van der Waals surface area contributed by atoms with Gasteiger partial charge in [-0.25, -0.2) is 0 Å². The third-order valence-electron chi connectivity index (χ3n) is 5.63. The maximum Gasteiger partial charge on any atom is 0.181 e. The molecule has 8 heteroatoms. The lowest BCUT2D eigenvalue weighted by molar-refractivity contribution is -0.116. The molecule has 0 bridgehead atoms. The zero-order chi connectivity index (χ0) is 23.1. The number of Topliss-reactive ketones (excluding diaryl/α,β-unsaturated/α-hetero) is 1. The summed E-state index contributed by atoms with van der Waals surface area (Å²) in [5.41, 5.74) is 3.23. The molecule has 0 saturated heterocycles. The van der Waals surface area contributed by atoms with Crippen molar-refractivity contribution in [2.45, 2.75) is 5.92 Å². The number of aliphatic hydroxyl groups excluding tert-OH is 5. The predicted octanol–water partition coefficient (Wildman–Crippen LogP) is 0.904. The van der Waals surface area contributed by atoms with Crippen LogP contribution in [0.2, 0.25) is 0 Å². The van der Waals surface area contributed by atoms with Crippen molar-refractivity contribution in [1.29, 1.82) is 0 Å². The van der Waals surface area contributed by atoms with Crippen LogP contribution in [0.1, 0.15) is 17.0 Å². The first-order valence-corrected chi connectivity index (χ1v) is 10.7. The molecule has 5 N–H and O–H groups in total. The number of rotatable bonds is 12. The normalized spacial score (nSPS) is 15.6. The summed E-state index contributed by atoms with van der Waals surface area (Å²) in [6.45, 7) is 1.41. The van der Waals surface area contributed by atoms with Crippen molar-refractivity contribution < 1.29 is 30.3 Å². The van der Waals surface area contributed by atoms with Gasteiger partial charge < -0.3 is 35.3 Å². The van der Waals surface area contributed by atoms with Gasteiger partial charge in [0.15, 0.2) is 5.78 Å². The van der Waals surface area contributed by atoms with Gasteiger partial charge in [0.1, 0.15) is 11.7 Å². The lowest BCUT2D eigenvalue weighted by atomic mass is 9.75. The Balaban J connectivity index is 1.77. The lowest BCUT2D eigenvalue weighted by Gasteiger charge is -2.30. The Morgan fingerprint density at radius 3 is 1.44 bits per heavy atom. The number of carbonyl (C=O) groups excluding carboxylic acids is 1. The minimum Gasteiger partial charge on any atom is -0.510 e. The first kappa shape index (κ1) is 23.7. The molecule has 2 aromatic carbocycles. The monoisotopic (exact) mass is 442 g/mol. The molecule has 1 aliphatic rings. The van der Waals surface area contributed by atoms with E-state index < -0.39 is 5.92 Å². The number of anilines is 2. The van der Waals surface area contributed by atoms with Crippen molar-refractivity contribution in [2.75, 3.05) is 62.4 Å². The van der Waals surface area contributed by atoms with Crippen LogP contribution in [-0.2, 0) is 4.79 Å². The van der Waals surface area contributed by atoms with Gasteiger partial charge in [-0.1, -0.05) is 24.3 Å². The van der Waals surface area contributed by atoms with E-state index in [0.717, 1.165) is 11.4 Å². The minimum atomic E-state index is -0.705. The number of aliphatic hydroxyl groups is 5. The zero-order valence-electron chi connectivity index (χ0n) is 17.9. The van der Waals surface area contributed by atoms with Crippen molar-refractivity contribution in [1.82, 2.24) is 0 Å². The third kappa shape index (κ3) is 4.94. The quantitative estimate of drug-likeness (QED) is 0.329. The van der Waals surface area contributed by atoms with Gasteiger partial charge in [-0.2, -0.15) is 0 Å². The van der Waals surface area contributed by atoms with Crippen LogP contribution in [0.4, 0.5) is 11.4 Å². The van der Waals surface area contributed by atoms with Crippen LogP contribution in [0.5, 0.6) is 0 Å². The van der Waals surface area contributed by atoms with E-state index in [1.54, 1.807) is 36.4 Å². The summed E-state index contributed by atoms with van der Waals surface area (Å²) in [6.07, 6.45) is 0. The topological polar surface area (TPSA) is 125 Å². The molecule has 0 aromatic heterocycles. The summed E-state index contributed by atoms with van der Waals surface area (Å²) in [4.78, 5) is 16.5. The number of hydrogen-bond donors (Lipinski definition) is 5. The lowest BCUT2D eigenvalue weighted by Crippen LogP contribution is -2.30. The van der Waals surface area contributed by atoms with Crippen molar-refractivity contribution in [3.05, 3.63) is 65.4 Å². The summed E-state index contributed by atoms with van der Waals surface area (Å²) in [5.74, 6) is -0.836. The Bertz CT molecular complexity index is 915. The van der Waals surface area contributed by atoms with Crippen LogP contribution >= 0.6 is 0 Å². The molecule has 0 saturated carbocycles. The van der Waals surface area contributed by atoms with Crippen molar-refractivity contribution in [2.24, 2.45) is 0 Å². The molecular formula is C24H30N2O6. The Hall–Kier alpha value is -2.91. The van der Waals surface area contributed by atoms with Crippen LogP contribution in [0.25, 0.3) is 5.57 Å². The molecule has 0 fully saturated rings. The number of allylic oxidation sites excluding steroid dienone is 2. The van der Waals surface area contributed by atoms with Crippen LogP contribution in [0, 0.1) is 0 Å². The highest BCUT2D eigenvalue weighted by molar-refractivity contribution is 6.31. The Kier molecular flexibility index (Phi) is 8.24. The smallest absolute Gasteiger partial charge is 0.181 e. The summed E-state index contributed by atoms with van der Waals surface area (Å²) < 4.78 is 0. The molecule has 0 aliphatic heterocycles.